The monoisotopic (exact) mass is 415 g/mol. The van der Waals surface area contributed by atoms with Crippen molar-refractivity contribution < 1.29 is 4.79 Å². The number of hydrogen-bond donors (Lipinski definition) is 1. The summed E-state index contributed by atoms with van der Waals surface area (Å²) >= 11 is 1.35. The van der Waals surface area contributed by atoms with Crippen LogP contribution in [0.3, 0.4) is 0 Å². The third-order valence-electron chi connectivity index (χ3n) is 4.56. The maximum Gasteiger partial charge on any atom is 0.234 e. The van der Waals surface area contributed by atoms with Gasteiger partial charge >= 0.3 is 0 Å². The number of benzene rings is 2. The van der Waals surface area contributed by atoms with Crippen LogP contribution in [0, 0.1) is 13.8 Å². The standard InChI is InChI=1S/C23H21N5OS/c1-16-10-11-20(17(2)13-16)25-21(29)15-30-23-27-26-22(18-7-6-12-24-14-18)28(23)19-8-4-3-5-9-19/h3-14H,15H2,1-2H3,(H,25,29). The number of carbonyl (C=O) groups is 1. The first-order chi connectivity index (χ1) is 14.6. The Kier molecular flexibility index (Phi) is 5.90. The van der Waals surface area contributed by atoms with E-state index in [1.807, 2.05) is 73.0 Å². The highest BCUT2D eigenvalue weighted by Gasteiger charge is 2.17. The van der Waals surface area contributed by atoms with Gasteiger partial charge in [-0.25, -0.2) is 0 Å². The van der Waals surface area contributed by atoms with Crippen molar-refractivity contribution in [2.45, 2.75) is 19.0 Å². The number of carbonyl (C=O) groups excluding carboxylic acids is 1. The molecule has 0 aliphatic carbocycles. The molecule has 150 valence electrons. The molecule has 0 spiro atoms. The van der Waals surface area contributed by atoms with Crippen molar-refractivity contribution in [3.8, 4) is 17.1 Å². The van der Waals surface area contributed by atoms with Crippen molar-refractivity contribution in [3.05, 3.63) is 84.2 Å². The van der Waals surface area contributed by atoms with Gasteiger partial charge in [0, 0.05) is 29.3 Å². The van der Waals surface area contributed by atoms with Gasteiger partial charge in [-0.15, -0.1) is 10.2 Å². The minimum atomic E-state index is -0.0857. The summed E-state index contributed by atoms with van der Waals surface area (Å²) in [5.74, 6) is 0.829. The Morgan fingerprint density at radius 3 is 2.60 bits per heavy atom. The van der Waals surface area contributed by atoms with E-state index in [1.54, 1.807) is 12.4 Å². The van der Waals surface area contributed by atoms with E-state index in [4.69, 9.17) is 0 Å². The summed E-state index contributed by atoms with van der Waals surface area (Å²) in [6.45, 7) is 4.02. The number of aromatic nitrogens is 4. The fourth-order valence-electron chi connectivity index (χ4n) is 3.13. The zero-order valence-corrected chi connectivity index (χ0v) is 17.6. The molecule has 0 atom stereocenters. The molecule has 2 heterocycles. The Balaban J connectivity index is 1.57. The minimum absolute atomic E-state index is 0.0857. The molecule has 30 heavy (non-hydrogen) atoms. The molecule has 0 bridgehead atoms. The van der Waals surface area contributed by atoms with Crippen molar-refractivity contribution in [2.24, 2.45) is 0 Å². The molecule has 2 aromatic carbocycles. The van der Waals surface area contributed by atoms with Gasteiger partial charge in [0.1, 0.15) is 0 Å². The molecule has 4 rings (SSSR count). The molecule has 0 aliphatic rings. The number of thioether (sulfide) groups is 1. The van der Waals surface area contributed by atoms with Crippen LogP contribution in [0.2, 0.25) is 0 Å². The van der Waals surface area contributed by atoms with E-state index < -0.39 is 0 Å². The number of amides is 1. The summed E-state index contributed by atoms with van der Waals surface area (Å²) in [6, 6.07) is 19.6. The normalized spacial score (nSPS) is 10.7. The fourth-order valence-corrected chi connectivity index (χ4v) is 3.88. The number of aryl methyl sites for hydroxylation is 2. The molecular formula is C23H21N5OS. The van der Waals surface area contributed by atoms with Crippen LogP contribution in [0.15, 0.2) is 78.2 Å². The van der Waals surface area contributed by atoms with Gasteiger partial charge in [0.2, 0.25) is 5.91 Å². The van der Waals surface area contributed by atoms with Crippen LogP contribution in [-0.2, 0) is 4.79 Å². The van der Waals surface area contributed by atoms with Crippen LogP contribution >= 0.6 is 11.8 Å². The van der Waals surface area contributed by atoms with Crippen LogP contribution in [-0.4, -0.2) is 31.4 Å². The maximum atomic E-state index is 12.5. The lowest BCUT2D eigenvalue weighted by Gasteiger charge is -2.11. The first-order valence-corrected chi connectivity index (χ1v) is 10.5. The van der Waals surface area contributed by atoms with Crippen molar-refractivity contribution in [1.29, 1.82) is 0 Å². The van der Waals surface area contributed by atoms with E-state index >= 15 is 0 Å². The van der Waals surface area contributed by atoms with Crippen molar-refractivity contribution in [1.82, 2.24) is 19.7 Å². The lowest BCUT2D eigenvalue weighted by atomic mass is 10.1. The molecule has 0 saturated heterocycles. The Morgan fingerprint density at radius 2 is 1.87 bits per heavy atom. The number of para-hydroxylation sites is 1. The summed E-state index contributed by atoms with van der Waals surface area (Å²) < 4.78 is 1.95. The summed E-state index contributed by atoms with van der Waals surface area (Å²) in [4.78, 5) is 16.7. The van der Waals surface area contributed by atoms with Crippen LogP contribution in [0.25, 0.3) is 17.1 Å². The zero-order valence-electron chi connectivity index (χ0n) is 16.7. The van der Waals surface area contributed by atoms with Gasteiger partial charge < -0.3 is 5.32 Å². The second-order valence-corrected chi connectivity index (χ2v) is 7.82. The molecule has 2 aromatic heterocycles. The number of nitrogens with one attached hydrogen (secondary N) is 1. The van der Waals surface area contributed by atoms with Crippen LogP contribution < -0.4 is 5.32 Å². The van der Waals surface area contributed by atoms with E-state index in [0.29, 0.717) is 11.0 Å². The van der Waals surface area contributed by atoms with E-state index in [0.717, 1.165) is 22.5 Å². The molecule has 0 aliphatic heterocycles. The third-order valence-corrected chi connectivity index (χ3v) is 5.48. The van der Waals surface area contributed by atoms with Gasteiger partial charge in [0.05, 0.1) is 5.75 Å². The van der Waals surface area contributed by atoms with Gasteiger partial charge in [0.25, 0.3) is 0 Å². The number of nitrogens with zero attached hydrogens (tertiary/aromatic N) is 4. The van der Waals surface area contributed by atoms with E-state index in [-0.39, 0.29) is 11.7 Å². The average Bonchev–Trinajstić information content (AvgIpc) is 3.19. The van der Waals surface area contributed by atoms with Crippen molar-refractivity contribution >= 4 is 23.4 Å². The smallest absolute Gasteiger partial charge is 0.234 e. The number of pyridine rings is 1. The van der Waals surface area contributed by atoms with Gasteiger partial charge in [-0.3, -0.25) is 14.3 Å². The van der Waals surface area contributed by atoms with Crippen LogP contribution in [0.4, 0.5) is 5.69 Å². The van der Waals surface area contributed by atoms with Crippen molar-refractivity contribution in [3.63, 3.8) is 0 Å². The van der Waals surface area contributed by atoms with E-state index in [9.17, 15) is 4.79 Å². The highest BCUT2D eigenvalue weighted by Crippen LogP contribution is 2.27. The second kappa shape index (κ2) is 8.92. The quantitative estimate of drug-likeness (QED) is 0.463. The lowest BCUT2D eigenvalue weighted by Crippen LogP contribution is -2.15. The third kappa shape index (κ3) is 4.41. The summed E-state index contributed by atoms with van der Waals surface area (Å²) in [6.07, 6.45) is 3.48. The van der Waals surface area contributed by atoms with Gasteiger partial charge in [0.15, 0.2) is 11.0 Å². The molecule has 7 heteroatoms. The minimum Gasteiger partial charge on any atom is -0.325 e. The van der Waals surface area contributed by atoms with Crippen molar-refractivity contribution in [2.75, 3.05) is 11.1 Å². The summed E-state index contributed by atoms with van der Waals surface area (Å²) in [5.41, 5.74) is 4.82. The highest BCUT2D eigenvalue weighted by molar-refractivity contribution is 7.99. The first-order valence-electron chi connectivity index (χ1n) is 9.53. The van der Waals surface area contributed by atoms with Gasteiger partial charge in [-0.1, -0.05) is 47.7 Å². The molecule has 4 aromatic rings. The molecule has 0 radical (unpaired) electrons. The van der Waals surface area contributed by atoms with E-state index in [1.165, 1.54) is 17.3 Å². The van der Waals surface area contributed by atoms with Gasteiger partial charge in [-0.2, -0.15) is 0 Å². The van der Waals surface area contributed by atoms with E-state index in [2.05, 4.69) is 26.6 Å². The molecule has 0 unspecified atom stereocenters. The SMILES string of the molecule is Cc1ccc(NC(=O)CSc2nnc(-c3cccnc3)n2-c2ccccc2)c(C)c1. The number of anilines is 1. The van der Waals surface area contributed by atoms with Crippen LogP contribution in [0.5, 0.6) is 0 Å². The molecule has 1 N–H and O–H groups in total. The Labute approximate surface area is 179 Å². The van der Waals surface area contributed by atoms with Gasteiger partial charge in [-0.05, 0) is 49.7 Å². The number of rotatable bonds is 6. The van der Waals surface area contributed by atoms with Crippen LogP contribution in [0.1, 0.15) is 11.1 Å². The first kappa shape index (κ1) is 19.8. The number of hydrogen-bond acceptors (Lipinski definition) is 5. The summed E-state index contributed by atoms with van der Waals surface area (Å²) in [5, 5.41) is 12.3. The molecule has 6 nitrogen and oxygen atoms in total. The lowest BCUT2D eigenvalue weighted by molar-refractivity contribution is -0.113. The molecule has 0 saturated carbocycles. The molecule has 0 fully saturated rings. The largest absolute Gasteiger partial charge is 0.325 e. The highest BCUT2D eigenvalue weighted by atomic mass is 32.2. The summed E-state index contributed by atoms with van der Waals surface area (Å²) in [7, 11) is 0. The Bertz CT molecular complexity index is 1160. The predicted molar refractivity (Wildman–Crippen MR) is 120 cm³/mol. The molecule has 1 amide bonds. The predicted octanol–water partition coefficient (Wildman–Crippen LogP) is 4.68. The zero-order chi connectivity index (χ0) is 20.9. The fraction of sp³-hybridized carbons (Fsp3) is 0.130. The maximum absolute atomic E-state index is 12.5. The molecular weight excluding hydrogens is 394 g/mol. The average molecular weight is 416 g/mol. The topological polar surface area (TPSA) is 72.7 Å². The second-order valence-electron chi connectivity index (χ2n) is 6.87. The Hall–Kier alpha value is -3.45. The Morgan fingerprint density at radius 1 is 1.03 bits per heavy atom.